The highest BCUT2D eigenvalue weighted by molar-refractivity contribution is 9.10. The zero-order chi connectivity index (χ0) is 16.9. The second-order valence-corrected chi connectivity index (χ2v) is 8.45. The van der Waals surface area contributed by atoms with Gasteiger partial charge in [-0.1, -0.05) is 63.9 Å². The summed E-state index contributed by atoms with van der Waals surface area (Å²) < 4.78 is 2.22. The summed E-state index contributed by atoms with van der Waals surface area (Å²) in [6.45, 7) is 4.60. The SMILES string of the molecule is CC1(C)c2cc(Br)ccc2N(c2ccccc2)c2ccc(Br)cc21. The van der Waals surface area contributed by atoms with Crippen molar-refractivity contribution in [2.24, 2.45) is 0 Å². The molecule has 0 fully saturated rings. The molecule has 3 aromatic rings. The molecule has 0 spiro atoms. The average molecular weight is 443 g/mol. The Morgan fingerprint density at radius 1 is 0.708 bits per heavy atom. The van der Waals surface area contributed by atoms with Crippen molar-refractivity contribution in [3.63, 3.8) is 0 Å². The lowest BCUT2D eigenvalue weighted by Gasteiger charge is -2.42. The topological polar surface area (TPSA) is 3.24 Å². The van der Waals surface area contributed by atoms with Crippen LogP contribution in [-0.4, -0.2) is 0 Å². The van der Waals surface area contributed by atoms with E-state index in [1.165, 1.54) is 28.2 Å². The van der Waals surface area contributed by atoms with Crippen molar-refractivity contribution in [2.45, 2.75) is 19.3 Å². The minimum absolute atomic E-state index is 0.0660. The summed E-state index contributed by atoms with van der Waals surface area (Å²) in [6.07, 6.45) is 0. The number of hydrogen-bond acceptors (Lipinski definition) is 1. The Morgan fingerprint density at radius 2 is 1.21 bits per heavy atom. The molecule has 0 saturated carbocycles. The third-order valence-electron chi connectivity index (χ3n) is 4.76. The van der Waals surface area contributed by atoms with Gasteiger partial charge in [-0.05, 0) is 59.7 Å². The lowest BCUT2D eigenvalue weighted by atomic mass is 9.73. The molecule has 120 valence electrons. The molecular formula is C21H17Br2N. The van der Waals surface area contributed by atoms with Crippen molar-refractivity contribution >= 4 is 48.9 Å². The van der Waals surface area contributed by atoms with E-state index in [4.69, 9.17) is 0 Å². The van der Waals surface area contributed by atoms with E-state index in [2.05, 4.69) is 117 Å². The van der Waals surface area contributed by atoms with Crippen molar-refractivity contribution in [2.75, 3.05) is 4.90 Å². The van der Waals surface area contributed by atoms with Crippen LogP contribution in [0.1, 0.15) is 25.0 Å². The summed E-state index contributed by atoms with van der Waals surface area (Å²) >= 11 is 7.29. The van der Waals surface area contributed by atoms with Gasteiger partial charge in [0.25, 0.3) is 0 Å². The maximum absolute atomic E-state index is 3.64. The van der Waals surface area contributed by atoms with Gasteiger partial charge < -0.3 is 4.90 Å². The molecule has 0 aromatic heterocycles. The van der Waals surface area contributed by atoms with Gasteiger partial charge in [-0.25, -0.2) is 0 Å². The molecule has 1 heterocycles. The molecule has 4 rings (SSSR count). The predicted molar refractivity (Wildman–Crippen MR) is 109 cm³/mol. The smallest absolute Gasteiger partial charge is 0.0503 e. The standard InChI is InChI=1S/C21H17Br2N/c1-21(2)17-12-14(22)8-10-19(17)24(16-6-4-3-5-7-16)20-11-9-15(23)13-18(20)21/h3-13H,1-2H3. The Kier molecular flexibility index (Phi) is 3.81. The highest BCUT2D eigenvalue weighted by Crippen LogP contribution is 2.52. The van der Waals surface area contributed by atoms with E-state index in [9.17, 15) is 0 Å². The van der Waals surface area contributed by atoms with Crippen LogP contribution in [0.4, 0.5) is 17.1 Å². The second-order valence-electron chi connectivity index (χ2n) is 6.62. The van der Waals surface area contributed by atoms with Crippen LogP contribution in [0.3, 0.4) is 0 Å². The van der Waals surface area contributed by atoms with Gasteiger partial charge in [0.1, 0.15) is 0 Å². The quantitative estimate of drug-likeness (QED) is 0.381. The van der Waals surface area contributed by atoms with Gasteiger partial charge in [0.15, 0.2) is 0 Å². The monoisotopic (exact) mass is 441 g/mol. The average Bonchev–Trinajstić information content (AvgIpc) is 2.57. The molecule has 0 N–H and O–H groups in total. The molecule has 0 radical (unpaired) electrons. The first-order valence-corrected chi connectivity index (χ1v) is 9.52. The minimum Gasteiger partial charge on any atom is -0.310 e. The van der Waals surface area contributed by atoms with Crippen LogP contribution in [0.5, 0.6) is 0 Å². The fourth-order valence-corrected chi connectivity index (χ4v) is 4.26. The van der Waals surface area contributed by atoms with E-state index >= 15 is 0 Å². The first-order chi connectivity index (χ1) is 11.5. The number of anilines is 3. The first-order valence-electron chi connectivity index (χ1n) is 7.94. The third-order valence-corrected chi connectivity index (χ3v) is 5.75. The summed E-state index contributed by atoms with van der Waals surface area (Å²) in [7, 11) is 0. The van der Waals surface area contributed by atoms with Crippen molar-refractivity contribution < 1.29 is 0 Å². The highest BCUT2D eigenvalue weighted by Gasteiger charge is 2.37. The highest BCUT2D eigenvalue weighted by atomic mass is 79.9. The zero-order valence-electron chi connectivity index (χ0n) is 13.6. The van der Waals surface area contributed by atoms with Crippen molar-refractivity contribution in [3.8, 4) is 0 Å². The van der Waals surface area contributed by atoms with Gasteiger partial charge in [-0.2, -0.15) is 0 Å². The Hall–Kier alpha value is -1.58. The normalized spacial score (nSPS) is 14.9. The molecule has 0 aliphatic carbocycles. The van der Waals surface area contributed by atoms with Gasteiger partial charge >= 0.3 is 0 Å². The fourth-order valence-electron chi connectivity index (χ4n) is 3.54. The van der Waals surface area contributed by atoms with E-state index in [1.807, 2.05) is 0 Å². The Labute approximate surface area is 159 Å². The molecule has 0 amide bonds. The Morgan fingerprint density at radius 3 is 1.71 bits per heavy atom. The van der Waals surface area contributed by atoms with Gasteiger partial charge in [-0.3, -0.25) is 0 Å². The molecule has 0 unspecified atom stereocenters. The number of rotatable bonds is 1. The maximum Gasteiger partial charge on any atom is 0.0503 e. The molecule has 0 saturated heterocycles. The summed E-state index contributed by atoms with van der Waals surface area (Å²) in [5.41, 5.74) is 6.25. The molecular weight excluding hydrogens is 426 g/mol. The minimum atomic E-state index is -0.0660. The zero-order valence-corrected chi connectivity index (χ0v) is 16.7. The molecule has 3 aromatic carbocycles. The summed E-state index contributed by atoms with van der Waals surface area (Å²) in [6, 6.07) is 23.7. The van der Waals surface area contributed by atoms with E-state index < -0.39 is 0 Å². The van der Waals surface area contributed by atoms with E-state index in [0.29, 0.717) is 0 Å². The van der Waals surface area contributed by atoms with Crippen molar-refractivity contribution in [1.82, 2.24) is 0 Å². The van der Waals surface area contributed by atoms with Gasteiger partial charge in [0, 0.05) is 20.0 Å². The molecule has 3 heteroatoms. The fraction of sp³-hybridized carbons (Fsp3) is 0.143. The Balaban J connectivity index is 2.07. The summed E-state index contributed by atoms with van der Waals surface area (Å²) in [4.78, 5) is 2.36. The number of para-hydroxylation sites is 1. The van der Waals surface area contributed by atoms with Crippen LogP contribution < -0.4 is 4.90 Å². The van der Waals surface area contributed by atoms with Gasteiger partial charge in [0.05, 0.1) is 11.4 Å². The number of benzene rings is 3. The maximum atomic E-state index is 3.64. The van der Waals surface area contributed by atoms with Crippen LogP contribution in [-0.2, 0) is 5.41 Å². The van der Waals surface area contributed by atoms with Gasteiger partial charge in [-0.15, -0.1) is 0 Å². The molecule has 24 heavy (non-hydrogen) atoms. The lowest BCUT2D eigenvalue weighted by Crippen LogP contribution is -2.30. The van der Waals surface area contributed by atoms with E-state index in [1.54, 1.807) is 0 Å². The summed E-state index contributed by atoms with van der Waals surface area (Å²) in [5, 5.41) is 0. The van der Waals surface area contributed by atoms with Crippen LogP contribution in [0.2, 0.25) is 0 Å². The van der Waals surface area contributed by atoms with Crippen molar-refractivity contribution in [1.29, 1.82) is 0 Å². The molecule has 1 nitrogen and oxygen atoms in total. The number of hydrogen-bond donors (Lipinski definition) is 0. The first kappa shape index (κ1) is 15.9. The summed E-state index contributed by atoms with van der Waals surface area (Å²) in [5.74, 6) is 0. The van der Waals surface area contributed by atoms with Crippen LogP contribution in [0, 0.1) is 0 Å². The van der Waals surface area contributed by atoms with Crippen LogP contribution >= 0.6 is 31.9 Å². The predicted octanol–water partition coefficient (Wildman–Crippen LogP) is 7.32. The van der Waals surface area contributed by atoms with Gasteiger partial charge in [0.2, 0.25) is 0 Å². The van der Waals surface area contributed by atoms with Crippen LogP contribution in [0.25, 0.3) is 0 Å². The van der Waals surface area contributed by atoms with Crippen LogP contribution in [0.15, 0.2) is 75.7 Å². The number of nitrogens with zero attached hydrogens (tertiary/aromatic N) is 1. The Bertz CT molecular complexity index is 861. The molecule has 0 atom stereocenters. The molecule has 0 bridgehead atoms. The third kappa shape index (κ3) is 2.42. The molecule has 1 aliphatic rings. The van der Waals surface area contributed by atoms with E-state index in [0.717, 1.165) is 8.95 Å². The molecule has 1 aliphatic heterocycles. The van der Waals surface area contributed by atoms with Crippen molar-refractivity contribution in [3.05, 3.63) is 86.8 Å². The number of fused-ring (bicyclic) bond motifs is 2. The lowest BCUT2D eigenvalue weighted by molar-refractivity contribution is 0.631. The largest absolute Gasteiger partial charge is 0.310 e. The second kappa shape index (κ2) is 5.75. The number of halogens is 2. The van der Waals surface area contributed by atoms with E-state index in [-0.39, 0.29) is 5.41 Å².